The number of halogens is 2. The van der Waals surface area contributed by atoms with Crippen molar-refractivity contribution >= 4 is 27.5 Å². The maximum atomic E-state index is 16.8. The molecular weight excluding hydrogens is 566 g/mol. The number of phenolic OH excluding ortho intramolecular Hbond substituents is 1. The van der Waals surface area contributed by atoms with Crippen molar-refractivity contribution in [2.45, 2.75) is 56.8 Å². The molecule has 3 atom stereocenters. The second-order valence-electron chi connectivity index (χ2n) is 12.9. The molecule has 0 saturated carbocycles. The summed E-state index contributed by atoms with van der Waals surface area (Å²) in [5.74, 6) is -0.0775. The predicted octanol–water partition coefficient (Wildman–Crippen LogP) is 5.40. The summed E-state index contributed by atoms with van der Waals surface area (Å²) in [4.78, 5) is 13.4. The average molecular weight is 605 g/mol. The summed E-state index contributed by atoms with van der Waals surface area (Å²) in [6.45, 7) is 6.36. The zero-order chi connectivity index (χ0) is 30.6. The van der Waals surface area contributed by atoms with Gasteiger partial charge in [0.05, 0.1) is 25.3 Å². The number of fused-ring (bicyclic) bond motifs is 3. The van der Waals surface area contributed by atoms with Gasteiger partial charge >= 0.3 is 6.01 Å². The van der Waals surface area contributed by atoms with Gasteiger partial charge in [-0.15, -0.1) is 0 Å². The number of anilines is 1. The Bertz CT molecular complexity index is 1730. The Morgan fingerprint density at radius 3 is 2.84 bits per heavy atom. The molecule has 0 unspecified atom stereocenters. The maximum absolute atomic E-state index is 16.8. The Hall–Kier alpha value is -3.60. The third kappa shape index (κ3) is 5.12. The van der Waals surface area contributed by atoms with E-state index < -0.39 is 23.1 Å². The normalized spacial score (nSPS) is 25.9. The average Bonchev–Trinajstić information content (AvgIpc) is 3.45. The lowest BCUT2D eigenvalue weighted by Crippen LogP contribution is -2.44. The quantitative estimate of drug-likeness (QED) is 0.303. The second kappa shape index (κ2) is 11.1. The molecule has 0 aliphatic carbocycles. The number of aromatic nitrogens is 2. The molecule has 3 aliphatic heterocycles. The molecule has 3 aliphatic rings. The van der Waals surface area contributed by atoms with Crippen molar-refractivity contribution in [2.24, 2.45) is 0 Å². The summed E-state index contributed by atoms with van der Waals surface area (Å²) in [5.41, 5.74) is 0.430. The van der Waals surface area contributed by atoms with Crippen LogP contribution in [0.15, 0.2) is 42.5 Å². The molecule has 0 spiro atoms. The van der Waals surface area contributed by atoms with E-state index >= 15 is 4.39 Å². The smallest absolute Gasteiger partial charge is 0.319 e. The summed E-state index contributed by atoms with van der Waals surface area (Å²) in [5, 5.41) is 23.7. The van der Waals surface area contributed by atoms with Crippen molar-refractivity contribution in [1.29, 1.82) is 0 Å². The number of aliphatic hydroxyl groups is 1. The van der Waals surface area contributed by atoms with E-state index in [1.807, 2.05) is 30.0 Å². The third-order valence-corrected chi connectivity index (χ3v) is 9.47. The maximum Gasteiger partial charge on any atom is 0.319 e. The van der Waals surface area contributed by atoms with Gasteiger partial charge in [0, 0.05) is 30.5 Å². The van der Waals surface area contributed by atoms with E-state index in [4.69, 9.17) is 14.5 Å². The van der Waals surface area contributed by atoms with Gasteiger partial charge in [0.15, 0.2) is 5.82 Å². The lowest BCUT2D eigenvalue weighted by molar-refractivity contribution is -0.0123. The lowest BCUT2D eigenvalue weighted by atomic mass is 9.92. The third-order valence-electron chi connectivity index (χ3n) is 9.47. The molecule has 1 aromatic heterocycles. The number of hydrogen-bond donors (Lipinski definition) is 2. The van der Waals surface area contributed by atoms with Gasteiger partial charge in [0.1, 0.15) is 35.5 Å². The molecule has 3 saturated heterocycles. The van der Waals surface area contributed by atoms with Gasteiger partial charge < -0.3 is 24.6 Å². The van der Waals surface area contributed by atoms with Crippen LogP contribution in [-0.2, 0) is 11.2 Å². The van der Waals surface area contributed by atoms with Crippen molar-refractivity contribution in [3.05, 3.63) is 53.8 Å². The Kier molecular flexibility index (Phi) is 7.34. The first-order valence-corrected chi connectivity index (χ1v) is 15.5. The van der Waals surface area contributed by atoms with Crippen molar-refractivity contribution in [3.63, 3.8) is 0 Å². The van der Waals surface area contributed by atoms with Crippen LogP contribution in [0, 0.1) is 5.82 Å². The van der Waals surface area contributed by atoms with E-state index in [2.05, 4.69) is 9.88 Å². The largest absolute Gasteiger partial charge is 0.508 e. The number of nitrogens with zero attached hydrogens (tertiary/aromatic N) is 4. The molecule has 10 heteroatoms. The molecule has 7 rings (SSSR count). The molecule has 0 amide bonds. The summed E-state index contributed by atoms with van der Waals surface area (Å²) < 4.78 is 43.2. The van der Waals surface area contributed by atoms with Crippen LogP contribution in [0.2, 0.25) is 0 Å². The molecule has 8 nitrogen and oxygen atoms in total. The Balaban J connectivity index is 1.38. The number of phenols is 1. The highest BCUT2D eigenvalue weighted by atomic mass is 19.1. The molecule has 232 valence electrons. The van der Waals surface area contributed by atoms with Crippen LogP contribution >= 0.6 is 0 Å². The molecule has 4 aromatic rings. The highest BCUT2D eigenvalue weighted by Gasteiger charge is 2.49. The van der Waals surface area contributed by atoms with Crippen molar-refractivity contribution in [1.82, 2.24) is 14.9 Å². The molecule has 44 heavy (non-hydrogen) atoms. The van der Waals surface area contributed by atoms with Gasteiger partial charge in [0.25, 0.3) is 0 Å². The van der Waals surface area contributed by atoms with Crippen LogP contribution in [-0.4, -0.2) is 88.4 Å². The van der Waals surface area contributed by atoms with Gasteiger partial charge in [-0.1, -0.05) is 31.2 Å². The summed E-state index contributed by atoms with van der Waals surface area (Å²) in [6.07, 6.45) is 2.02. The van der Waals surface area contributed by atoms with Gasteiger partial charge in [-0.2, -0.15) is 9.97 Å². The number of aryl methyl sites for hydroxylation is 1. The Morgan fingerprint density at radius 2 is 2.00 bits per heavy atom. The predicted molar refractivity (Wildman–Crippen MR) is 166 cm³/mol. The molecule has 0 radical (unpaired) electrons. The van der Waals surface area contributed by atoms with Crippen LogP contribution in [0.4, 0.5) is 14.6 Å². The van der Waals surface area contributed by atoms with Gasteiger partial charge in [0.2, 0.25) is 0 Å². The Morgan fingerprint density at radius 1 is 1.14 bits per heavy atom. The van der Waals surface area contributed by atoms with E-state index in [0.29, 0.717) is 48.4 Å². The summed E-state index contributed by atoms with van der Waals surface area (Å²) >= 11 is 0. The Labute approximate surface area is 255 Å². The lowest BCUT2D eigenvalue weighted by Gasteiger charge is -2.31. The van der Waals surface area contributed by atoms with Crippen LogP contribution < -0.4 is 9.64 Å². The van der Waals surface area contributed by atoms with Crippen molar-refractivity contribution < 1.29 is 28.5 Å². The molecule has 3 aromatic carbocycles. The first-order valence-electron chi connectivity index (χ1n) is 15.5. The van der Waals surface area contributed by atoms with Gasteiger partial charge in [-0.3, -0.25) is 4.90 Å². The first kappa shape index (κ1) is 29.1. The van der Waals surface area contributed by atoms with Crippen LogP contribution in [0.25, 0.3) is 32.8 Å². The molecule has 2 N–H and O–H groups in total. The van der Waals surface area contributed by atoms with Gasteiger partial charge in [-0.25, -0.2) is 8.78 Å². The standard InChI is InChI=1S/C34H38F2N4O4/c1-3-21-6-4-7-22-14-24(41)15-27(28(21)22)25-8-9-26-30(29(25)36)37-32(38-31(26)39-12-13-43-19-33(2,42)18-39)44-20-34-10-5-11-40(34)17-23(35)16-34/h4,6-9,14-15,23,41-42H,3,5,10-13,16-20H2,1-2H3/t23-,33+,34+/m1/s1. The summed E-state index contributed by atoms with van der Waals surface area (Å²) in [7, 11) is 0. The van der Waals surface area contributed by atoms with E-state index in [1.54, 1.807) is 31.2 Å². The zero-order valence-corrected chi connectivity index (χ0v) is 25.2. The van der Waals surface area contributed by atoms with Crippen molar-refractivity contribution in [3.8, 4) is 22.9 Å². The number of ether oxygens (including phenoxy) is 2. The number of rotatable bonds is 6. The first-order chi connectivity index (χ1) is 21.2. The van der Waals surface area contributed by atoms with E-state index in [9.17, 15) is 14.6 Å². The van der Waals surface area contributed by atoms with Crippen LogP contribution in [0.1, 0.15) is 38.7 Å². The zero-order valence-electron chi connectivity index (χ0n) is 25.2. The number of hydrogen-bond acceptors (Lipinski definition) is 8. The number of aromatic hydroxyl groups is 1. The minimum Gasteiger partial charge on any atom is -0.508 e. The van der Waals surface area contributed by atoms with Crippen LogP contribution in [0.5, 0.6) is 11.8 Å². The highest BCUT2D eigenvalue weighted by Crippen LogP contribution is 2.42. The number of alkyl halides is 1. The minimum absolute atomic E-state index is 0.00639. The highest BCUT2D eigenvalue weighted by molar-refractivity contribution is 6.03. The fraction of sp³-hybridized carbons (Fsp3) is 0.471. The fourth-order valence-corrected chi connectivity index (χ4v) is 7.47. The molecular formula is C34H38F2N4O4. The second-order valence-corrected chi connectivity index (χ2v) is 12.9. The minimum atomic E-state index is -1.15. The SMILES string of the molecule is CCc1cccc2cc(O)cc(-c3ccc4c(N5CCOC[C@@](C)(O)C5)nc(OC[C@@]56CCCN5C[C@H](F)C6)nc4c3F)c12. The van der Waals surface area contributed by atoms with E-state index in [-0.39, 0.29) is 37.0 Å². The van der Waals surface area contributed by atoms with E-state index in [1.165, 1.54) is 0 Å². The fourth-order valence-electron chi connectivity index (χ4n) is 7.47. The van der Waals surface area contributed by atoms with Crippen molar-refractivity contribution in [2.75, 3.05) is 50.9 Å². The van der Waals surface area contributed by atoms with Gasteiger partial charge in [-0.05, 0) is 72.8 Å². The molecule has 0 bridgehead atoms. The number of benzene rings is 3. The van der Waals surface area contributed by atoms with Crippen LogP contribution in [0.3, 0.4) is 0 Å². The topological polar surface area (TPSA) is 91.2 Å². The summed E-state index contributed by atoms with van der Waals surface area (Å²) in [6, 6.07) is 12.6. The monoisotopic (exact) mass is 604 g/mol. The number of β-amino-alcohol motifs (C(OH)–C–C–N with tert-alkyl or cyclic N) is 1. The van der Waals surface area contributed by atoms with E-state index in [0.717, 1.165) is 42.1 Å². The molecule has 3 fully saturated rings. The molecule has 4 heterocycles.